The summed E-state index contributed by atoms with van der Waals surface area (Å²) in [6.07, 6.45) is 0.343. The van der Waals surface area contributed by atoms with Crippen LogP contribution in [0.5, 0.6) is 0 Å². The Labute approximate surface area is 181 Å². The van der Waals surface area contributed by atoms with E-state index in [9.17, 15) is 9.59 Å². The number of amides is 1. The van der Waals surface area contributed by atoms with E-state index >= 15 is 0 Å². The molecule has 31 heavy (non-hydrogen) atoms. The number of anilines is 2. The summed E-state index contributed by atoms with van der Waals surface area (Å²) in [6.45, 7) is 2.00. The third-order valence-corrected chi connectivity index (χ3v) is 6.38. The highest BCUT2D eigenvalue weighted by molar-refractivity contribution is 6.13. The Hall–Kier alpha value is -3.60. The van der Waals surface area contributed by atoms with Crippen molar-refractivity contribution >= 4 is 23.3 Å². The molecule has 0 radical (unpaired) electrons. The van der Waals surface area contributed by atoms with Crippen LogP contribution in [0, 0.1) is 5.41 Å². The molecule has 0 bridgehead atoms. The topological polar surface area (TPSA) is 58.6 Å². The fourth-order valence-electron chi connectivity index (χ4n) is 5.08. The first-order valence-corrected chi connectivity index (χ1v) is 10.6. The van der Waals surface area contributed by atoms with Gasteiger partial charge in [0, 0.05) is 11.4 Å². The van der Waals surface area contributed by atoms with Gasteiger partial charge in [-0.15, -0.1) is 0 Å². The number of ether oxygens (including phenoxy) is 1. The van der Waals surface area contributed by atoms with E-state index in [-0.39, 0.29) is 18.6 Å². The monoisotopic (exact) mass is 412 g/mol. The van der Waals surface area contributed by atoms with Crippen molar-refractivity contribution in [3.05, 3.63) is 96.1 Å². The normalized spacial score (nSPS) is 24.2. The first-order valence-electron chi connectivity index (χ1n) is 10.6. The second-order valence-corrected chi connectivity index (χ2v) is 8.01. The molecule has 0 spiro atoms. The van der Waals surface area contributed by atoms with Gasteiger partial charge < -0.3 is 15.0 Å². The van der Waals surface area contributed by atoms with E-state index in [1.807, 2.05) is 72.8 Å². The lowest BCUT2D eigenvalue weighted by molar-refractivity contribution is -0.160. The maximum absolute atomic E-state index is 13.6. The van der Waals surface area contributed by atoms with E-state index in [1.165, 1.54) is 0 Å². The largest absolute Gasteiger partial charge is 0.465 e. The molecule has 1 N–H and O–H groups in total. The number of nitrogens with zero attached hydrogens (tertiary/aromatic N) is 1. The van der Waals surface area contributed by atoms with Crippen LogP contribution >= 0.6 is 0 Å². The minimum atomic E-state index is -1.33. The average molecular weight is 412 g/mol. The Morgan fingerprint density at radius 1 is 1.00 bits per heavy atom. The molecule has 1 saturated heterocycles. The summed E-state index contributed by atoms with van der Waals surface area (Å²) in [5.74, 6) is -0.764. The maximum atomic E-state index is 13.6. The Balaban J connectivity index is 1.78. The molecule has 2 aliphatic heterocycles. The number of rotatable bonds is 4. The number of hydrogen-bond acceptors (Lipinski definition) is 4. The molecule has 0 aliphatic carbocycles. The van der Waals surface area contributed by atoms with Gasteiger partial charge in [-0.1, -0.05) is 66.7 Å². The van der Waals surface area contributed by atoms with Gasteiger partial charge in [0.25, 0.3) is 0 Å². The van der Waals surface area contributed by atoms with Gasteiger partial charge in [-0.05, 0) is 42.7 Å². The summed E-state index contributed by atoms with van der Waals surface area (Å²) >= 11 is 0. The number of nitrogens with one attached hydrogen (secondary N) is 1. The van der Waals surface area contributed by atoms with Crippen molar-refractivity contribution in [3.8, 4) is 0 Å². The molecular weight excluding hydrogens is 388 g/mol. The van der Waals surface area contributed by atoms with Gasteiger partial charge in [-0.3, -0.25) is 9.59 Å². The SMILES string of the molecule is CCOC(=O)[C@]12C[C@@H](c3ccccc3)N(c3ccccc3)[C@H]1c1ccccc1NC2=O. The molecule has 3 atom stereocenters. The summed E-state index contributed by atoms with van der Waals surface area (Å²) in [5.41, 5.74) is 2.37. The van der Waals surface area contributed by atoms with Crippen molar-refractivity contribution in [2.24, 2.45) is 5.41 Å². The Kier molecular flexibility index (Phi) is 4.74. The lowest BCUT2D eigenvalue weighted by atomic mass is 9.72. The lowest BCUT2D eigenvalue weighted by Crippen LogP contribution is -2.51. The molecule has 5 rings (SSSR count). The van der Waals surface area contributed by atoms with E-state index in [1.54, 1.807) is 6.92 Å². The summed E-state index contributed by atoms with van der Waals surface area (Å²) in [6, 6.07) is 27.2. The van der Waals surface area contributed by atoms with Crippen LogP contribution in [-0.2, 0) is 14.3 Å². The van der Waals surface area contributed by atoms with Crippen LogP contribution in [0.2, 0.25) is 0 Å². The maximum Gasteiger partial charge on any atom is 0.324 e. The number of carbonyl (C=O) groups excluding carboxylic acids is 2. The molecule has 5 nitrogen and oxygen atoms in total. The standard InChI is InChI=1S/C26H24N2O3/c1-2-31-25(30)26-17-22(18-11-5-3-6-12-18)28(19-13-7-4-8-14-19)23(26)20-15-9-10-16-21(20)27-24(26)29/h3-16,22-23H,2,17H2,1H3,(H,27,29)/t22-,23-,26+/m0/s1. The van der Waals surface area contributed by atoms with E-state index in [0.29, 0.717) is 6.42 Å². The Morgan fingerprint density at radius 3 is 2.35 bits per heavy atom. The molecule has 5 heteroatoms. The Morgan fingerprint density at radius 2 is 1.65 bits per heavy atom. The number of hydrogen-bond donors (Lipinski definition) is 1. The third-order valence-electron chi connectivity index (χ3n) is 6.38. The third kappa shape index (κ3) is 2.92. The molecule has 3 aromatic rings. The van der Waals surface area contributed by atoms with Crippen molar-refractivity contribution in [2.75, 3.05) is 16.8 Å². The van der Waals surface area contributed by atoms with E-state index in [0.717, 1.165) is 22.5 Å². The van der Waals surface area contributed by atoms with Gasteiger partial charge in [0.15, 0.2) is 5.41 Å². The van der Waals surface area contributed by atoms with Gasteiger partial charge in [0.05, 0.1) is 18.7 Å². The second-order valence-electron chi connectivity index (χ2n) is 8.01. The molecule has 0 aromatic heterocycles. The Bertz CT molecular complexity index is 1120. The summed E-state index contributed by atoms with van der Waals surface area (Å²) in [7, 11) is 0. The van der Waals surface area contributed by atoms with Crippen molar-refractivity contribution in [2.45, 2.75) is 25.4 Å². The zero-order valence-corrected chi connectivity index (χ0v) is 17.3. The zero-order chi connectivity index (χ0) is 21.4. The van der Waals surface area contributed by atoms with E-state index in [4.69, 9.17) is 4.74 Å². The highest BCUT2D eigenvalue weighted by Crippen LogP contribution is 2.60. The zero-order valence-electron chi connectivity index (χ0n) is 17.3. The van der Waals surface area contributed by atoms with E-state index < -0.39 is 17.4 Å². The predicted octanol–water partition coefficient (Wildman–Crippen LogP) is 4.88. The quantitative estimate of drug-likeness (QED) is 0.490. The van der Waals surface area contributed by atoms with Crippen molar-refractivity contribution in [3.63, 3.8) is 0 Å². The average Bonchev–Trinajstić information content (AvgIpc) is 3.19. The van der Waals surface area contributed by atoms with Crippen molar-refractivity contribution in [1.82, 2.24) is 0 Å². The molecular formula is C26H24N2O3. The molecule has 2 aliphatic rings. The van der Waals surface area contributed by atoms with Crippen LogP contribution in [0.4, 0.5) is 11.4 Å². The van der Waals surface area contributed by atoms with Crippen LogP contribution in [0.15, 0.2) is 84.9 Å². The summed E-state index contributed by atoms with van der Waals surface area (Å²) in [4.78, 5) is 29.3. The van der Waals surface area contributed by atoms with Crippen LogP contribution in [0.3, 0.4) is 0 Å². The molecule has 2 heterocycles. The molecule has 0 unspecified atom stereocenters. The van der Waals surface area contributed by atoms with Crippen LogP contribution < -0.4 is 10.2 Å². The molecule has 156 valence electrons. The fraction of sp³-hybridized carbons (Fsp3) is 0.231. The number of esters is 1. The number of fused-ring (bicyclic) bond motifs is 3. The molecule has 0 saturated carbocycles. The molecule has 1 amide bonds. The smallest absolute Gasteiger partial charge is 0.324 e. The van der Waals surface area contributed by atoms with Crippen molar-refractivity contribution in [1.29, 1.82) is 0 Å². The first-order chi connectivity index (χ1) is 15.2. The molecule has 3 aromatic carbocycles. The van der Waals surface area contributed by atoms with E-state index in [2.05, 4.69) is 22.3 Å². The van der Waals surface area contributed by atoms with Gasteiger partial charge in [-0.2, -0.15) is 0 Å². The number of carbonyl (C=O) groups is 2. The highest BCUT2D eigenvalue weighted by Gasteiger charge is 2.65. The minimum absolute atomic E-state index is 0.157. The van der Waals surface area contributed by atoms with Crippen molar-refractivity contribution < 1.29 is 14.3 Å². The lowest BCUT2D eigenvalue weighted by Gasteiger charge is -2.41. The van der Waals surface area contributed by atoms with Gasteiger partial charge in [0.2, 0.25) is 5.91 Å². The minimum Gasteiger partial charge on any atom is -0.465 e. The van der Waals surface area contributed by atoms with Crippen LogP contribution in [0.1, 0.15) is 36.6 Å². The van der Waals surface area contributed by atoms with Gasteiger partial charge in [-0.25, -0.2) is 0 Å². The fourth-order valence-corrected chi connectivity index (χ4v) is 5.08. The summed E-state index contributed by atoms with van der Waals surface area (Å²) in [5, 5.41) is 2.99. The van der Waals surface area contributed by atoms with Gasteiger partial charge >= 0.3 is 5.97 Å². The highest BCUT2D eigenvalue weighted by atomic mass is 16.5. The van der Waals surface area contributed by atoms with Crippen LogP contribution in [-0.4, -0.2) is 18.5 Å². The summed E-state index contributed by atoms with van der Waals surface area (Å²) < 4.78 is 5.51. The molecule has 1 fully saturated rings. The predicted molar refractivity (Wildman–Crippen MR) is 120 cm³/mol. The number of para-hydroxylation sites is 2. The number of benzene rings is 3. The van der Waals surface area contributed by atoms with Crippen LogP contribution in [0.25, 0.3) is 0 Å². The second kappa shape index (κ2) is 7.58. The first kappa shape index (κ1) is 19.4. The van der Waals surface area contributed by atoms with Gasteiger partial charge in [0.1, 0.15) is 0 Å².